The molecule has 20 heavy (non-hydrogen) atoms. The molecule has 0 spiro atoms. The van der Waals surface area contributed by atoms with Crippen molar-refractivity contribution in [1.29, 1.82) is 0 Å². The van der Waals surface area contributed by atoms with Crippen LogP contribution in [0.15, 0.2) is 0 Å². The van der Waals surface area contributed by atoms with Crippen LogP contribution in [0, 0.1) is 17.8 Å². The minimum atomic E-state index is -0.299. The molecule has 2 unspecified atom stereocenters. The molecule has 4 fully saturated rings. The van der Waals surface area contributed by atoms with Crippen LogP contribution < -0.4 is 0 Å². The highest BCUT2D eigenvalue weighted by atomic mass is 35.5. The van der Waals surface area contributed by atoms with Crippen molar-refractivity contribution in [3.8, 4) is 0 Å². The van der Waals surface area contributed by atoms with Gasteiger partial charge in [-0.15, -0.1) is 12.4 Å². The third kappa shape index (κ3) is 3.16. The lowest BCUT2D eigenvalue weighted by atomic mass is 9.52. The maximum atomic E-state index is 9.81. The van der Waals surface area contributed by atoms with Gasteiger partial charge in [0.25, 0.3) is 0 Å². The van der Waals surface area contributed by atoms with Crippen molar-refractivity contribution < 1.29 is 10.2 Å². The number of β-amino-alcohol motifs (C(OH)–C–C–N with tert-alkyl or cyclic N) is 2. The Morgan fingerprint density at radius 2 is 1.25 bits per heavy atom. The van der Waals surface area contributed by atoms with Gasteiger partial charge < -0.3 is 10.2 Å². The summed E-state index contributed by atoms with van der Waals surface area (Å²) in [5.74, 6) is 2.74. The van der Waals surface area contributed by atoms with Crippen molar-refractivity contribution in [2.75, 3.05) is 13.1 Å². The number of hydrogen-bond acceptors (Lipinski definition) is 3. The summed E-state index contributed by atoms with van der Waals surface area (Å²) < 4.78 is 0. The van der Waals surface area contributed by atoms with E-state index in [1.54, 1.807) is 0 Å². The molecule has 4 rings (SSSR count). The lowest BCUT2D eigenvalue weighted by Crippen LogP contribution is -2.62. The van der Waals surface area contributed by atoms with Crippen LogP contribution in [0.1, 0.15) is 52.4 Å². The van der Waals surface area contributed by atoms with Crippen LogP contribution in [0.3, 0.4) is 0 Å². The van der Waals surface area contributed by atoms with Gasteiger partial charge in [-0.1, -0.05) is 0 Å². The van der Waals surface area contributed by atoms with Gasteiger partial charge in [-0.05, 0) is 70.1 Å². The van der Waals surface area contributed by atoms with Gasteiger partial charge in [0.2, 0.25) is 0 Å². The van der Waals surface area contributed by atoms with Gasteiger partial charge in [0.1, 0.15) is 0 Å². The first-order valence-corrected chi connectivity index (χ1v) is 8.08. The Hall–Kier alpha value is 0.170. The molecule has 4 heteroatoms. The molecule has 2 atom stereocenters. The summed E-state index contributed by atoms with van der Waals surface area (Å²) in [4.78, 5) is 2.44. The second kappa shape index (κ2) is 6.12. The molecule has 0 aromatic heterocycles. The topological polar surface area (TPSA) is 43.7 Å². The van der Waals surface area contributed by atoms with E-state index >= 15 is 0 Å². The van der Waals surface area contributed by atoms with Crippen LogP contribution in [-0.4, -0.2) is 45.9 Å². The molecule has 0 aliphatic heterocycles. The molecule has 0 radical (unpaired) electrons. The predicted octanol–water partition coefficient (Wildman–Crippen LogP) is 2.44. The van der Waals surface area contributed by atoms with E-state index in [0.717, 1.165) is 30.8 Å². The molecule has 4 aliphatic rings. The number of hydrogen-bond donors (Lipinski definition) is 2. The Labute approximate surface area is 129 Å². The molecule has 3 nitrogen and oxygen atoms in total. The summed E-state index contributed by atoms with van der Waals surface area (Å²) in [5, 5.41) is 19.6. The highest BCUT2D eigenvalue weighted by Gasteiger charge is 2.53. The Bertz CT molecular complexity index is 287. The van der Waals surface area contributed by atoms with Gasteiger partial charge in [-0.2, -0.15) is 0 Å². The minimum absolute atomic E-state index is 0. The summed E-state index contributed by atoms with van der Waals surface area (Å²) in [7, 11) is 0. The van der Waals surface area contributed by atoms with Gasteiger partial charge in [0.15, 0.2) is 0 Å². The first-order valence-electron chi connectivity index (χ1n) is 8.08. The number of aliphatic hydroxyl groups excluding tert-OH is 2. The summed E-state index contributed by atoms with van der Waals surface area (Å²) in [6, 6.07) is 0. The molecular formula is C16H30ClNO2. The second-order valence-corrected chi connectivity index (χ2v) is 7.74. The van der Waals surface area contributed by atoms with Gasteiger partial charge in [-0.3, -0.25) is 4.90 Å². The van der Waals surface area contributed by atoms with E-state index < -0.39 is 0 Å². The number of aliphatic hydroxyl groups is 2. The molecule has 0 heterocycles. The van der Waals surface area contributed by atoms with E-state index in [0.29, 0.717) is 5.54 Å². The molecule has 0 aromatic rings. The molecule has 0 saturated heterocycles. The molecule has 2 N–H and O–H groups in total. The van der Waals surface area contributed by atoms with E-state index in [9.17, 15) is 10.2 Å². The Kier molecular flexibility index (Phi) is 5.06. The van der Waals surface area contributed by atoms with Gasteiger partial charge in [0, 0.05) is 18.6 Å². The number of nitrogens with zero attached hydrogens (tertiary/aromatic N) is 1. The van der Waals surface area contributed by atoms with E-state index in [1.165, 1.54) is 38.5 Å². The maximum Gasteiger partial charge on any atom is 0.0639 e. The highest BCUT2D eigenvalue weighted by Crippen LogP contribution is 2.57. The maximum absolute atomic E-state index is 9.81. The summed E-state index contributed by atoms with van der Waals surface area (Å²) in [5.41, 5.74) is 0.294. The van der Waals surface area contributed by atoms with Crippen LogP contribution in [0.2, 0.25) is 0 Å². The Morgan fingerprint density at radius 3 is 1.55 bits per heavy atom. The van der Waals surface area contributed by atoms with Crippen molar-refractivity contribution in [2.45, 2.75) is 70.1 Å². The van der Waals surface area contributed by atoms with Crippen molar-refractivity contribution in [1.82, 2.24) is 4.90 Å². The monoisotopic (exact) mass is 303 g/mol. The SMILES string of the molecule is CC(O)CN(CC(C)O)C12CC3CC(CC(C3)C1)C2.Cl. The fraction of sp³-hybridized carbons (Fsp3) is 1.00. The second-order valence-electron chi connectivity index (χ2n) is 7.74. The highest BCUT2D eigenvalue weighted by molar-refractivity contribution is 5.85. The van der Waals surface area contributed by atoms with Gasteiger partial charge in [0.05, 0.1) is 12.2 Å². The molecule has 4 saturated carbocycles. The zero-order chi connectivity index (χ0) is 13.6. The number of halogens is 1. The fourth-order valence-electron chi connectivity index (χ4n) is 5.55. The quantitative estimate of drug-likeness (QED) is 0.820. The lowest BCUT2D eigenvalue weighted by Gasteiger charge is -2.61. The van der Waals surface area contributed by atoms with Crippen LogP contribution in [0.25, 0.3) is 0 Å². The average molecular weight is 304 g/mol. The fourth-order valence-corrected chi connectivity index (χ4v) is 5.55. The van der Waals surface area contributed by atoms with Gasteiger partial charge in [-0.25, -0.2) is 0 Å². The van der Waals surface area contributed by atoms with E-state index in [2.05, 4.69) is 4.90 Å². The predicted molar refractivity (Wildman–Crippen MR) is 83.1 cm³/mol. The van der Waals surface area contributed by atoms with Crippen LogP contribution in [-0.2, 0) is 0 Å². The molecule has 4 bridgehead atoms. The van der Waals surface area contributed by atoms with Crippen molar-refractivity contribution in [2.24, 2.45) is 17.8 Å². The van der Waals surface area contributed by atoms with Crippen LogP contribution >= 0.6 is 12.4 Å². The zero-order valence-corrected chi connectivity index (χ0v) is 13.6. The molecular weight excluding hydrogens is 274 g/mol. The minimum Gasteiger partial charge on any atom is -0.392 e. The first kappa shape index (κ1) is 16.5. The summed E-state index contributed by atoms with van der Waals surface area (Å²) in [6.07, 6.45) is 7.64. The van der Waals surface area contributed by atoms with Crippen molar-refractivity contribution in [3.05, 3.63) is 0 Å². The van der Waals surface area contributed by atoms with Crippen molar-refractivity contribution >= 4 is 12.4 Å². The standard InChI is InChI=1S/C16H29NO2.ClH/c1-11(18)9-17(10-12(2)19)16-6-13-3-14(7-16)5-15(4-13)8-16;/h11-15,18-19H,3-10H2,1-2H3;1H. The van der Waals surface area contributed by atoms with E-state index in [-0.39, 0.29) is 24.6 Å². The Morgan fingerprint density at radius 1 is 0.900 bits per heavy atom. The molecule has 4 aliphatic carbocycles. The molecule has 0 amide bonds. The third-order valence-electron chi connectivity index (χ3n) is 5.65. The lowest BCUT2D eigenvalue weighted by molar-refractivity contribution is -0.107. The average Bonchev–Trinajstić information content (AvgIpc) is 2.24. The van der Waals surface area contributed by atoms with Crippen LogP contribution in [0.5, 0.6) is 0 Å². The first-order chi connectivity index (χ1) is 8.97. The molecule has 0 aromatic carbocycles. The van der Waals surface area contributed by atoms with E-state index in [1.807, 2.05) is 13.8 Å². The third-order valence-corrected chi connectivity index (χ3v) is 5.65. The smallest absolute Gasteiger partial charge is 0.0639 e. The normalized spacial score (nSPS) is 41.5. The largest absolute Gasteiger partial charge is 0.392 e. The van der Waals surface area contributed by atoms with E-state index in [4.69, 9.17) is 0 Å². The summed E-state index contributed by atoms with van der Waals surface area (Å²) >= 11 is 0. The Balaban J connectivity index is 0.00000147. The van der Waals surface area contributed by atoms with Gasteiger partial charge >= 0.3 is 0 Å². The number of rotatable bonds is 5. The van der Waals surface area contributed by atoms with Crippen molar-refractivity contribution in [3.63, 3.8) is 0 Å². The van der Waals surface area contributed by atoms with Crippen LogP contribution in [0.4, 0.5) is 0 Å². The summed E-state index contributed by atoms with van der Waals surface area (Å²) in [6.45, 7) is 5.18. The molecule has 118 valence electrons. The zero-order valence-electron chi connectivity index (χ0n) is 12.8.